The molecule has 1 aromatic carbocycles. The monoisotopic (exact) mass is 261 g/mol. The van der Waals surface area contributed by atoms with E-state index in [4.69, 9.17) is 17.4 Å². The van der Waals surface area contributed by atoms with E-state index in [2.05, 4.69) is 10.4 Å². The van der Waals surface area contributed by atoms with Gasteiger partial charge in [0.05, 0.1) is 0 Å². The third-order valence-corrected chi connectivity index (χ3v) is 3.23. The molecular weight excluding hydrogens is 246 g/mol. The summed E-state index contributed by atoms with van der Waals surface area (Å²) >= 11 is 6.15. The van der Waals surface area contributed by atoms with E-state index >= 15 is 0 Å². The van der Waals surface area contributed by atoms with Gasteiger partial charge < -0.3 is 0 Å². The molecule has 1 unspecified atom stereocenters. The lowest BCUT2D eigenvalue weighted by Crippen LogP contribution is -2.38. The maximum absolute atomic E-state index is 6.15. The first-order valence-corrected chi connectivity index (χ1v) is 6.26. The van der Waals surface area contributed by atoms with E-state index in [0.717, 1.165) is 29.0 Å². The van der Waals surface area contributed by atoms with Crippen LogP contribution in [0.3, 0.4) is 0 Å². The third-order valence-electron chi connectivity index (χ3n) is 2.86. The number of nitrogens with zero attached hydrogens (tertiary/aromatic N) is 1. The number of pyridine rings is 1. The van der Waals surface area contributed by atoms with Crippen molar-refractivity contribution in [1.29, 1.82) is 0 Å². The summed E-state index contributed by atoms with van der Waals surface area (Å²) in [6, 6.07) is 12.0. The number of aromatic nitrogens is 1. The molecule has 2 aromatic rings. The minimum atomic E-state index is 0.147. The van der Waals surface area contributed by atoms with E-state index < -0.39 is 0 Å². The largest absolute Gasteiger partial charge is 0.271 e. The predicted octanol–water partition coefficient (Wildman–Crippen LogP) is 2.35. The van der Waals surface area contributed by atoms with Crippen LogP contribution < -0.4 is 11.3 Å². The maximum atomic E-state index is 6.15. The summed E-state index contributed by atoms with van der Waals surface area (Å²) in [7, 11) is 0. The van der Waals surface area contributed by atoms with Crippen molar-refractivity contribution in [1.82, 2.24) is 10.4 Å². The zero-order valence-corrected chi connectivity index (χ0v) is 10.8. The lowest BCUT2D eigenvalue weighted by Gasteiger charge is -2.16. The summed E-state index contributed by atoms with van der Waals surface area (Å²) in [4.78, 5) is 4.10. The van der Waals surface area contributed by atoms with Gasteiger partial charge >= 0.3 is 0 Å². The molecule has 0 amide bonds. The first-order chi connectivity index (χ1) is 8.79. The van der Waals surface area contributed by atoms with Gasteiger partial charge in [0.25, 0.3) is 0 Å². The van der Waals surface area contributed by atoms with Crippen molar-refractivity contribution < 1.29 is 0 Å². The molecule has 0 radical (unpaired) electrons. The van der Waals surface area contributed by atoms with Crippen LogP contribution in [0, 0.1) is 0 Å². The van der Waals surface area contributed by atoms with Crippen LogP contribution in [0.25, 0.3) is 0 Å². The van der Waals surface area contributed by atoms with Crippen LogP contribution in [0.4, 0.5) is 0 Å². The van der Waals surface area contributed by atoms with E-state index in [1.54, 1.807) is 6.20 Å². The molecule has 0 aliphatic carbocycles. The van der Waals surface area contributed by atoms with Gasteiger partial charge in [-0.2, -0.15) is 0 Å². The van der Waals surface area contributed by atoms with Crippen molar-refractivity contribution in [2.45, 2.75) is 18.9 Å². The quantitative estimate of drug-likeness (QED) is 0.642. The molecular formula is C14H16ClN3. The van der Waals surface area contributed by atoms with Crippen LogP contribution in [0.5, 0.6) is 0 Å². The van der Waals surface area contributed by atoms with Gasteiger partial charge in [-0.25, -0.2) is 0 Å². The Morgan fingerprint density at radius 2 is 2.00 bits per heavy atom. The highest BCUT2D eigenvalue weighted by Gasteiger charge is 2.10. The topological polar surface area (TPSA) is 50.9 Å². The molecule has 1 heterocycles. The number of hydrazine groups is 1. The third kappa shape index (κ3) is 3.53. The summed E-state index contributed by atoms with van der Waals surface area (Å²) in [5.74, 6) is 5.61. The SMILES string of the molecule is NNC(Cc1cccnc1)Cc1ccccc1Cl. The molecule has 18 heavy (non-hydrogen) atoms. The van der Waals surface area contributed by atoms with Crippen molar-refractivity contribution in [2.75, 3.05) is 0 Å². The zero-order valence-electron chi connectivity index (χ0n) is 10.0. The highest BCUT2D eigenvalue weighted by molar-refractivity contribution is 6.31. The Morgan fingerprint density at radius 3 is 2.67 bits per heavy atom. The Balaban J connectivity index is 2.04. The van der Waals surface area contributed by atoms with Gasteiger partial charge in [0.1, 0.15) is 0 Å². The van der Waals surface area contributed by atoms with Crippen molar-refractivity contribution in [2.24, 2.45) is 5.84 Å². The highest BCUT2D eigenvalue weighted by Crippen LogP contribution is 2.17. The van der Waals surface area contributed by atoms with E-state index in [9.17, 15) is 0 Å². The molecule has 1 atom stereocenters. The average Bonchev–Trinajstić information content (AvgIpc) is 2.41. The molecule has 0 saturated heterocycles. The normalized spacial score (nSPS) is 12.3. The van der Waals surface area contributed by atoms with Gasteiger partial charge in [0.15, 0.2) is 0 Å². The second-order valence-corrected chi connectivity index (χ2v) is 4.63. The molecule has 2 rings (SSSR count). The Hall–Kier alpha value is -1.42. The average molecular weight is 262 g/mol. The summed E-state index contributed by atoms with van der Waals surface area (Å²) in [5.41, 5.74) is 5.10. The van der Waals surface area contributed by atoms with Gasteiger partial charge in [0, 0.05) is 23.5 Å². The number of rotatable bonds is 5. The molecule has 0 aliphatic heterocycles. The lowest BCUT2D eigenvalue weighted by atomic mass is 10.0. The molecule has 0 bridgehead atoms. The van der Waals surface area contributed by atoms with Crippen LogP contribution in [0.2, 0.25) is 5.02 Å². The van der Waals surface area contributed by atoms with Gasteiger partial charge in [-0.05, 0) is 36.1 Å². The Bertz CT molecular complexity index is 487. The van der Waals surface area contributed by atoms with Gasteiger partial charge in [-0.1, -0.05) is 35.9 Å². The molecule has 0 saturated carbocycles. The zero-order chi connectivity index (χ0) is 12.8. The fraction of sp³-hybridized carbons (Fsp3) is 0.214. The van der Waals surface area contributed by atoms with Crippen LogP contribution in [-0.2, 0) is 12.8 Å². The minimum Gasteiger partial charge on any atom is -0.271 e. The van der Waals surface area contributed by atoms with Crippen molar-refractivity contribution >= 4 is 11.6 Å². The number of halogens is 1. The summed E-state index contributed by atoms with van der Waals surface area (Å²) in [5, 5.41) is 0.781. The van der Waals surface area contributed by atoms with E-state index in [-0.39, 0.29) is 6.04 Å². The van der Waals surface area contributed by atoms with Gasteiger partial charge in [-0.3, -0.25) is 16.3 Å². The molecule has 3 N–H and O–H groups in total. The van der Waals surface area contributed by atoms with Crippen LogP contribution >= 0.6 is 11.6 Å². The van der Waals surface area contributed by atoms with Crippen LogP contribution in [0.15, 0.2) is 48.8 Å². The fourth-order valence-corrected chi connectivity index (χ4v) is 2.14. The Morgan fingerprint density at radius 1 is 1.17 bits per heavy atom. The van der Waals surface area contributed by atoms with Crippen LogP contribution in [-0.4, -0.2) is 11.0 Å². The standard InChI is InChI=1S/C14H16ClN3/c15-14-6-2-1-5-12(14)9-13(18-16)8-11-4-3-7-17-10-11/h1-7,10,13,18H,8-9,16H2. The van der Waals surface area contributed by atoms with Crippen LogP contribution in [0.1, 0.15) is 11.1 Å². The molecule has 0 spiro atoms. The van der Waals surface area contributed by atoms with E-state index in [1.807, 2.05) is 42.6 Å². The van der Waals surface area contributed by atoms with Crippen molar-refractivity contribution in [3.8, 4) is 0 Å². The molecule has 94 valence electrons. The fourth-order valence-electron chi connectivity index (χ4n) is 1.92. The van der Waals surface area contributed by atoms with Crippen molar-refractivity contribution in [3.63, 3.8) is 0 Å². The predicted molar refractivity (Wildman–Crippen MR) is 74.2 cm³/mol. The number of hydrogen-bond acceptors (Lipinski definition) is 3. The number of nitrogens with two attached hydrogens (primary N) is 1. The molecule has 1 aromatic heterocycles. The van der Waals surface area contributed by atoms with Gasteiger partial charge in [0.2, 0.25) is 0 Å². The lowest BCUT2D eigenvalue weighted by molar-refractivity contribution is 0.522. The van der Waals surface area contributed by atoms with Crippen molar-refractivity contribution in [3.05, 3.63) is 64.9 Å². The Kier molecular flexibility index (Phi) is 4.70. The van der Waals surface area contributed by atoms with E-state index in [0.29, 0.717) is 0 Å². The molecule has 0 aliphatic rings. The second kappa shape index (κ2) is 6.50. The first-order valence-electron chi connectivity index (χ1n) is 5.88. The smallest absolute Gasteiger partial charge is 0.0438 e. The minimum absolute atomic E-state index is 0.147. The highest BCUT2D eigenvalue weighted by atomic mass is 35.5. The Labute approximate surface area is 112 Å². The number of hydrogen-bond donors (Lipinski definition) is 2. The number of benzene rings is 1. The number of nitrogens with one attached hydrogen (secondary N) is 1. The molecule has 4 heteroatoms. The maximum Gasteiger partial charge on any atom is 0.0438 e. The first kappa shape index (κ1) is 13.0. The molecule has 3 nitrogen and oxygen atoms in total. The summed E-state index contributed by atoms with van der Waals surface area (Å²) in [6.45, 7) is 0. The second-order valence-electron chi connectivity index (χ2n) is 4.22. The van der Waals surface area contributed by atoms with E-state index in [1.165, 1.54) is 0 Å². The summed E-state index contributed by atoms with van der Waals surface area (Å²) in [6.07, 6.45) is 5.25. The van der Waals surface area contributed by atoms with Gasteiger partial charge in [-0.15, -0.1) is 0 Å². The molecule has 0 fully saturated rings. The summed E-state index contributed by atoms with van der Waals surface area (Å²) < 4.78 is 0.